The highest BCUT2D eigenvalue weighted by molar-refractivity contribution is 5.57. The highest BCUT2D eigenvalue weighted by atomic mass is 16.5. The van der Waals surface area contributed by atoms with Crippen molar-refractivity contribution >= 4 is 5.69 Å². The van der Waals surface area contributed by atoms with Crippen molar-refractivity contribution in [2.24, 2.45) is 0 Å². The first kappa shape index (κ1) is 11.8. The van der Waals surface area contributed by atoms with Gasteiger partial charge < -0.3 is 15.2 Å². The summed E-state index contributed by atoms with van der Waals surface area (Å²) in [5.74, 6) is 0. The Bertz CT molecular complexity index is 422. The number of aliphatic hydroxyl groups is 1. The van der Waals surface area contributed by atoms with Crippen LogP contribution in [0.5, 0.6) is 0 Å². The number of aromatic nitrogens is 1. The standard InChI is InChI=1S/C12H15N3O2/c13-7-10-1-4-14-8-11(10)15-12(9-16)2-5-17-6-3-12/h1,4,8,15-16H,2-3,5-6,9H2. The van der Waals surface area contributed by atoms with Crippen LogP contribution in [0.2, 0.25) is 0 Å². The van der Waals surface area contributed by atoms with Crippen molar-refractivity contribution in [2.45, 2.75) is 18.4 Å². The van der Waals surface area contributed by atoms with Crippen LogP contribution in [0, 0.1) is 11.3 Å². The van der Waals surface area contributed by atoms with Crippen LogP contribution in [0.4, 0.5) is 5.69 Å². The first-order valence-electron chi connectivity index (χ1n) is 5.60. The Hall–Kier alpha value is -1.64. The maximum absolute atomic E-state index is 9.55. The summed E-state index contributed by atoms with van der Waals surface area (Å²) in [6.07, 6.45) is 4.65. The van der Waals surface area contributed by atoms with Crippen molar-refractivity contribution in [3.05, 3.63) is 24.0 Å². The maximum Gasteiger partial charge on any atom is 0.101 e. The zero-order valence-electron chi connectivity index (χ0n) is 9.52. The molecule has 0 aliphatic carbocycles. The molecule has 0 atom stereocenters. The molecule has 2 N–H and O–H groups in total. The minimum absolute atomic E-state index is 0.0239. The minimum atomic E-state index is -0.396. The molecule has 0 radical (unpaired) electrons. The number of ether oxygens (including phenoxy) is 1. The van der Waals surface area contributed by atoms with Crippen molar-refractivity contribution in [1.29, 1.82) is 5.26 Å². The van der Waals surface area contributed by atoms with E-state index in [0.29, 0.717) is 24.5 Å². The Balaban J connectivity index is 2.21. The highest BCUT2D eigenvalue weighted by Gasteiger charge is 2.32. The van der Waals surface area contributed by atoms with Gasteiger partial charge >= 0.3 is 0 Å². The first-order valence-corrected chi connectivity index (χ1v) is 5.60. The molecule has 0 spiro atoms. The lowest BCUT2D eigenvalue weighted by molar-refractivity contribution is 0.0380. The van der Waals surface area contributed by atoms with Crippen LogP contribution in [-0.4, -0.2) is 35.5 Å². The molecule has 5 nitrogen and oxygen atoms in total. The van der Waals surface area contributed by atoms with Crippen molar-refractivity contribution in [2.75, 3.05) is 25.1 Å². The van der Waals surface area contributed by atoms with Crippen molar-refractivity contribution in [1.82, 2.24) is 4.98 Å². The lowest BCUT2D eigenvalue weighted by atomic mass is 9.90. The topological polar surface area (TPSA) is 78.2 Å². The van der Waals surface area contributed by atoms with Crippen molar-refractivity contribution in [3.63, 3.8) is 0 Å². The zero-order chi connectivity index (χ0) is 12.1. The summed E-state index contributed by atoms with van der Waals surface area (Å²) >= 11 is 0. The van der Waals surface area contributed by atoms with Crippen LogP contribution >= 0.6 is 0 Å². The summed E-state index contributed by atoms with van der Waals surface area (Å²) in [6, 6.07) is 3.77. The van der Waals surface area contributed by atoms with Gasteiger partial charge in [-0.15, -0.1) is 0 Å². The molecule has 2 heterocycles. The number of nitriles is 1. The molecule has 0 amide bonds. The summed E-state index contributed by atoms with van der Waals surface area (Å²) in [5, 5.41) is 21.8. The third-order valence-corrected chi connectivity index (χ3v) is 3.09. The molecular weight excluding hydrogens is 218 g/mol. The molecule has 1 aromatic heterocycles. The number of hydrogen-bond acceptors (Lipinski definition) is 5. The predicted molar refractivity (Wildman–Crippen MR) is 62.4 cm³/mol. The van der Waals surface area contributed by atoms with E-state index in [1.807, 2.05) is 0 Å². The fraction of sp³-hybridized carbons (Fsp3) is 0.500. The Morgan fingerprint density at radius 2 is 2.29 bits per heavy atom. The maximum atomic E-state index is 9.55. The van der Waals surface area contributed by atoms with E-state index in [1.165, 1.54) is 0 Å². The van der Waals surface area contributed by atoms with E-state index in [4.69, 9.17) is 10.00 Å². The molecule has 0 aromatic carbocycles. The fourth-order valence-electron chi connectivity index (χ4n) is 1.96. The summed E-state index contributed by atoms with van der Waals surface area (Å²) in [6.45, 7) is 1.27. The summed E-state index contributed by atoms with van der Waals surface area (Å²) in [4.78, 5) is 4.00. The van der Waals surface area contributed by atoms with Gasteiger partial charge in [-0.2, -0.15) is 5.26 Å². The second kappa shape index (κ2) is 5.13. The average Bonchev–Trinajstić information content (AvgIpc) is 2.40. The number of nitrogens with zero attached hydrogens (tertiary/aromatic N) is 2. The quantitative estimate of drug-likeness (QED) is 0.811. The summed E-state index contributed by atoms with van der Waals surface area (Å²) in [7, 11) is 0. The van der Waals surface area contributed by atoms with E-state index >= 15 is 0 Å². The predicted octanol–water partition coefficient (Wildman–Crippen LogP) is 0.907. The third kappa shape index (κ3) is 2.54. The van der Waals surface area contributed by atoms with Crippen LogP contribution in [0.25, 0.3) is 0 Å². The monoisotopic (exact) mass is 233 g/mol. The molecule has 0 saturated carbocycles. The molecular formula is C12H15N3O2. The van der Waals surface area contributed by atoms with Gasteiger partial charge in [0, 0.05) is 19.4 Å². The van der Waals surface area contributed by atoms with E-state index < -0.39 is 5.54 Å². The molecule has 0 unspecified atom stereocenters. The SMILES string of the molecule is N#Cc1ccncc1NC1(CO)CCOCC1. The fourth-order valence-corrected chi connectivity index (χ4v) is 1.96. The zero-order valence-corrected chi connectivity index (χ0v) is 9.52. The van der Waals surface area contributed by atoms with Crippen LogP contribution in [0.3, 0.4) is 0 Å². The molecule has 5 heteroatoms. The average molecular weight is 233 g/mol. The number of pyridine rings is 1. The molecule has 1 fully saturated rings. The van der Waals surface area contributed by atoms with E-state index in [-0.39, 0.29) is 6.61 Å². The third-order valence-electron chi connectivity index (χ3n) is 3.09. The van der Waals surface area contributed by atoms with Gasteiger partial charge in [-0.05, 0) is 18.9 Å². The van der Waals surface area contributed by atoms with Gasteiger partial charge in [0.25, 0.3) is 0 Å². The van der Waals surface area contributed by atoms with E-state index in [0.717, 1.165) is 12.8 Å². The smallest absolute Gasteiger partial charge is 0.101 e. The van der Waals surface area contributed by atoms with Gasteiger partial charge in [-0.25, -0.2) is 0 Å². The van der Waals surface area contributed by atoms with E-state index in [1.54, 1.807) is 18.5 Å². The van der Waals surface area contributed by atoms with Crippen molar-refractivity contribution in [3.8, 4) is 6.07 Å². The lowest BCUT2D eigenvalue weighted by Gasteiger charge is -2.37. The van der Waals surface area contributed by atoms with E-state index in [9.17, 15) is 5.11 Å². The molecule has 0 bridgehead atoms. The molecule has 1 aromatic rings. The van der Waals surface area contributed by atoms with Crippen molar-refractivity contribution < 1.29 is 9.84 Å². The van der Waals surface area contributed by atoms with Crippen LogP contribution in [0.1, 0.15) is 18.4 Å². The number of hydrogen-bond donors (Lipinski definition) is 2. The molecule has 1 saturated heterocycles. The minimum Gasteiger partial charge on any atom is -0.394 e. The van der Waals surface area contributed by atoms with Gasteiger partial charge in [-0.3, -0.25) is 4.98 Å². The van der Waals surface area contributed by atoms with E-state index in [2.05, 4.69) is 16.4 Å². The number of anilines is 1. The Morgan fingerprint density at radius 3 is 2.94 bits per heavy atom. The first-order chi connectivity index (χ1) is 8.29. The Kier molecular flexibility index (Phi) is 3.57. The lowest BCUT2D eigenvalue weighted by Crippen LogP contribution is -2.47. The van der Waals surface area contributed by atoms with Gasteiger partial charge in [0.15, 0.2) is 0 Å². The van der Waals surface area contributed by atoms with Gasteiger partial charge in [0.1, 0.15) is 6.07 Å². The Labute approximate surface area is 100 Å². The molecule has 1 aliphatic heterocycles. The number of rotatable bonds is 3. The van der Waals surface area contributed by atoms with Gasteiger partial charge in [-0.1, -0.05) is 0 Å². The highest BCUT2D eigenvalue weighted by Crippen LogP contribution is 2.26. The number of aliphatic hydroxyl groups excluding tert-OH is 1. The second-order valence-electron chi connectivity index (χ2n) is 4.21. The van der Waals surface area contributed by atoms with Crippen LogP contribution in [-0.2, 0) is 4.74 Å². The largest absolute Gasteiger partial charge is 0.394 e. The molecule has 1 aliphatic rings. The second-order valence-corrected chi connectivity index (χ2v) is 4.21. The van der Waals surface area contributed by atoms with Crippen LogP contribution < -0.4 is 5.32 Å². The summed E-state index contributed by atoms with van der Waals surface area (Å²) in [5.41, 5.74) is 0.817. The van der Waals surface area contributed by atoms with Gasteiger partial charge in [0.05, 0.1) is 29.6 Å². The van der Waals surface area contributed by atoms with Gasteiger partial charge in [0.2, 0.25) is 0 Å². The number of nitrogens with one attached hydrogen (secondary N) is 1. The molecule has 2 rings (SSSR count). The molecule has 17 heavy (non-hydrogen) atoms. The van der Waals surface area contributed by atoms with Crippen LogP contribution in [0.15, 0.2) is 18.5 Å². The summed E-state index contributed by atoms with van der Waals surface area (Å²) < 4.78 is 5.29. The molecule has 90 valence electrons. The Morgan fingerprint density at radius 1 is 1.53 bits per heavy atom. The normalized spacial score (nSPS) is 18.4.